The van der Waals surface area contributed by atoms with Crippen LogP contribution in [-0.2, 0) is 4.79 Å². The van der Waals surface area contributed by atoms with Crippen molar-refractivity contribution in [2.45, 2.75) is 31.5 Å². The molecule has 4 nitrogen and oxygen atoms in total. The molecule has 0 amide bonds. The molecule has 84 valence electrons. The third-order valence-electron chi connectivity index (χ3n) is 3.81. The fraction of sp³-hybridized carbons (Fsp3) is 0.500. The van der Waals surface area contributed by atoms with Crippen LogP contribution in [0.25, 0.3) is 0 Å². The number of Topliss-reactive ketones (excluding diaryl/α,β-unsaturated/α-hetero) is 1. The molecule has 0 bridgehead atoms. The predicted molar refractivity (Wildman–Crippen MR) is 61.2 cm³/mol. The number of carbonyl (C=O) groups is 1. The Labute approximate surface area is 94.7 Å². The first-order valence-corrected chi connectivity index (χ1v) is 5.61. The SMILES string of the molecule is CC(=O)C1CC2c3cnccc3NC2N1C. The first-order chi connectivity index (χ1) is 7.68. The molecule has 1 saturated heterocycles. The van der Waals surface area contributed by atoms with Gasteiger partial charge in [0.15, 0.2) is 0 Å². The van der Waals surface area contributed by atoms with E-state index in [0.29, 0.717) is 5.92 Å². The van der Waals surface area contributed by atoms with Gasteiger partial charge in [-0.25, -0.2) is 0 Å². The molecule has 0 spiro atoms. The first-order valence-electron chi connectivity index (χ1n) is 5.61. The fourth-order valence-electron chi connectivity index (χ4n) is 2.96. The summed E-state index contributed by atoms with van der Waals surface area (Å²) in [6.45, 7) is 1.67. The number of pyridine rings is 1. The minimum Gasteiger partial charge on any atom is -0.369 e. The van der Waals surface area contributed by atoms with Gasteiger partial charge in [0.2, 0.25) is 0 Å². The number of hydrogen-bond acceptors (Lipinski definition) is 4. The molecule has 2 aliphatic rings. The Morgan fingerprint density at radius 3 is 3.19 bits per heavy atom. The summed E-state index contributed by atoms with van der Waals surface area (Å²) < 4.78 is 0. The third-order valence-corrected chi connectivity index (χ3v) is 3.81. The quantitative estimate of drug-likeness (QED) is 0.768. The average Bonchev–Trinajstić information content (AvgIpc) is 2.76. The van der Waals surface area contributed by atoms with Crippen LogP contribution in [0.5, 0.6) is 0 Å². The van der Waals surface area contributed by atoms with Crippen LogP contribution >= 0.6 is 0 Å². The highest BCUT2D eigenvalue weighted by molar-refractivity contribution is 5.82. The van der Waals surface area contributed by atoms with E-state index in [0.717, 1.165) is 6.42 Å². The monoisotopic (exact) mass is 217 g/mol. The van der Waals surface area contributed by atoms with E-state index in [9.17, 15) is 4.79 Å². The largest absolute Gasteiger partial charge is 0.369 e. The van der Waals surface area contributed by atoms with Crippen LogP contribution in [0.2, 0.25) is 0 Å². The van der Waals surface area contributed by atoms with Crippen molar-refractivity contribution >= 4 is 11.5 Å². The van der Waals surface area contributed by atoms with Gasteiger partial charge >= 0.3 is 0 Å². The second-order valence-corrected chi connectivity index (χ2v) is 4.69. The van der Waals surface area contributed by atoms with Crippen LogP contribution in [-0.4, -0.2) is 34.9 Å². The van der Waals surface area contributed by atoms with Crippen molar-refractivity contribution in [2.75, 3.05) is 12.4 Å². The summed E-state index contributed by atoms with van der Waals surface area (Å²) in [7, 11) is 2.02. The summed E-state index contributed by atoms with van der Waals surface area (Å²) in [5.41, 5.74) is 2.42. The van der Waals surface area contributed by atoms with E-state index in [4.69, 9.17) is 0 Å². The van der Waals surface area contributed by atoms with Crippen molar-refractivity contribution in [1.82, 2.24) is 9.88 Å². The lowest BCUT2D eigenvalue weighted by atomic mass is 9.97. The molecule has 0 aliphatic carbocycles. The van der Waals surface area contributed by atoms with Gasteiger partial charge in [-0.1, -0.05) is 0 Å². The van der Waals surface area contributed by atoms with E-state index in [1.165, 1.54) is 11.3 Å². The first kappa shape index (κ1) is 9.78. The molecule has 1 aromatic rings. The van der Waals surface area contributed by atoms with Gasteiger partial charge in [-0.15, -0.1) is 0 Å². The summed E-state index contributed by atoms with van der Waals surface area (Å²) in [5, 5.41) is 3.46. The Kier molecular flexibility index (Phi) is 2.01. The number of aromatic nitrogens is 1. The second kappa shape index (κ2) is 3.28. The minimum atomic E-state index is 0.0517. The maximum Gasteiger partial charge on any atom is 0.146 e. The van der Waals surface area contributed by atoms with Gasteiger partial charge in [0, 0.05) is 29.6 Å². The van der Waals surface area contributed by atoms with Gasteiger partial charge in [-0.3, -0.25) is 14.7 Å². The molecule has 16 heavy (non-hydrogen) atoms. The molecule has 3 unspecified atom stereocenters. The second-order valence-electron chi connectivity index (χ2n) is 4.69. The molecule has 0 radical (unpaired) electrons. The highest BCUT2D eigenvalue weighted by Crippen LogP contribution is 2.44. The Morgan fingerprint density at radius 2 is 2.44 bits per heavy atom. The lowest BCUT2D eigenvalue weighted by molar-refractivity contribution is -0.121. The molecule has 4 heteroatoms. The van der Waals surface area contributed by atoms with Crippen molar-refractivity contribution in [2.24, 2.45) is 0 Å². The summed E-state index contributed by atoms with van der Waals surface area (Å²) in [5.74, 6) is 0.659. The zero-order valence-electron chi connectivity index (χ0n) is 9.47. The molecule has 1 N–H and O–H groups in total. The van der Waals surface area contributed by atoms with Crippen LogP contribution in [0.1, 0.15) is 24.8 Å². The van der Waals surface area contributed by atoms with Crippen molar-refractivity contribution in [1.29, 1.82) is 0 Å². The van der Waals surface area contributed by atoms with Crippen LogP contribution in [0.3, 0.4) is 0 Å². The van der Waals surface area contributed by atoms with Gasteiger partial charge < -0.3 is 5.32 Å². The Balaban J connectivity index is 1.96. The number of fused-ring (bicyclic) bond motifs is 3. The van der Waals surface area contributed by atoms with Crippen LogP contribution in [0.4, 0.5) is 5.69 Å². The predicted octanol–water partition coefficient (Wildman–Crippen LogP) is 1.21. The number of rotatable bonds is 1. The van der Waals surface area contributed by atoms with E-state index in [1.807, 2.05) is 19.3 Å². The fourth-order valence-corrected chi connectivity index (χ4v) is 2.96. The van der Waals surface area contributed by atoms with Crippen LogP contribution < -0.4 is 5.32 Å². The van der Waals surface area contributed by atoms with Gasteiger partial charge in [-0.2, -0.15) is 0 Å². The summed E-state index contributed by atoms with van der Waals surface area (Å²) in [4.78, 5) is 17.8. The van der Waals surface area contributed by atoms with Crippen molar-refractivity contribution in [3.63, 3.8) is 0 Å². The number of nitrogens with zero attached hydrogens (tertiary/aromatic N) is 2. The van der Waals surface area contributed by atoms with Gasteiger partial charge in [-0.05, 0) is 26.5 Å². The minimum absolute atomic E-state index is 0.0517. The number of hydrogen-bond donors (Lipinski definition) is 1. The molecule has 0 aromatic carbocycles. The average molecular weight is 217 g/mol. The van der Waals surface area contributed by atoms with Gasteiger partial charge in [0.1, 0.15) is 5.78 Å². The van der Waals surface area contributed by atoms with E-state index in [1.54, 1.807) is 13.1 Å². The zero-order valence-corrected chi connectivity index (χ0v) is 9.47. The molecule has 3 heterocycles. The third kappa shape index (κ3) is 1.19. The molecular formula is C12H15N3O. The van der Waals surface area contributed by atoms with Crippen molar-refractivity contribution < 1.29 is 4.79 Å². The molecule has 0 saturated carbocycles. The van der Waals surface area contributed by atoms with Crippen molar-refractivity contribution in [3.8, 4) is 0 Å². The van der Waals surface area contributed by atoms with Gasteiger partial charge in [0.25, 0.3) is 0 Å². The number of nitrogens with one attached hydrogen (secondary N) is 1. The molecule has 3 atom stereocenters. The smallest absolute Gasteiger partial charge is 0.146 e. The maximum atomic E-state index is 11.5. The lowest BCUT2D eigenvalue weighted by Gasteiger charge is -2.23. The molecule has 3 rings (SSSR count). The van der Waals surface area contributed by atoms with E-state index >= 15 is 0 Å². The highest BCUT2D eigenvalue weighted by atomic mass is 16.1. The number of anilines is 1. The summed E-state index contributed by atoms with van der Waals surface area (Å²) >= 11 is 0. The molecule has 1 fully saturated rings. The van der Waals surface area contributed by atoms with Crippen LogP contribution in [0, 0.1) is 0 Å². The summed E-state index contributed by atoms with van der Waals surface area (Å²) in [6.07, 6.45) is 4.88. The summed E-state index contributed by atoms with van der Waals surface area (Å²) in [6, 6.07) is 2.06. The lowest BCUT2D eigenvalue weighted by Crippen LogP contribution is -2.39. The van der Waals surface area contributed by atoms with Crippen molar-refractivity contribution in [3.05, 3.63) is 24.0 Å². The number of carbonyl (C=O) groups excluding carboxylic acids is 1. The standard InChI is InChI=1S/C12H15N3O/c1-7(16)11-5-8-9-6-13-4-3-10(9)14-12(8)15(11)2/h3-4,6,8,11-12,14H,5H2,1-2H3. The van der Waals surface area contributed by atoms with E-state index < -0.39 is 0 Å². The molecule has 2 aliphatic heterocycles. The van der Waals surface area contributed by atoms with E-state index in [2.05, 4.69) is 15.2 Å². The number of ketones is 1. The molecule has 1 aromatic heterocycles. The molecular weight excluding hydrogens is 202 g/mol. The topological polar surface area (TPSA) is 45.2 Å². The normalized spacial score (nSPS) is 32.0. The number of likely N-dealkylation sites (tertiary alicyclic amines) is 1. The van der Waals surface area contributed by atoms with Gasteiger partial charge in [0.05, 0.1) is 12.2 Å². The van der Waals surface area contributed by atoms with Crippen LogP contribution in [0.15, 0.2) is 18.5 Å². The zero-order chi connectivity index (χ0) is 11.3. The maximum absolute atomic E-state index is 11.5. The Bertz CT molecular complexity index is 446. The highest BCUT2D eigenvalue weighted by Gasteiger charge is 2.46. The Morgan fingerprint density at radius 1 is 1.62 bits per heavy atom. The Hall–Kier alpha value is -1.42. The number of likely N-dealkylation sites (N-methyl/N-ethyl adjacent to an activating group) is 1. The van der Waals surface area contributed by atoms with E-state index in [-0.39, 0.29) is 18.0 Å².